The molecule has 0 unspecified atom stereocenters. The predicted molar refractivity (Wildman–Crippen MR) is 41.1 cm³/mol. The van der Waals surface area contributed by atoms with Crippen molar-refractivity contribution in [2.45, 2.75) is 31.2 Å². The highest BCUT2D eigenvalue weighted by atomic mass is 32.2. The second-order valence-electron chi connectivity index (χ2n) is 2.92. The lowest BCUT2D eigenvalue weighted by Crippen LogP contribution is -2.21. The van der Waals surface area contributed by atoms with Crippen LogP contribution in [0, 0.1) is 0 Å². The molecule has 1 fully saturated rings. The fourth-order valence-electron chi connectivity index (χ4n) is 1.62. The lowest BCUT2D eigenvalue weighted by molar-refractivity contribution is 0.510. The molecule has 2 rings (SSSR count). The molecule has 2 aliphatic rings. The minimum absolute atomic E-state index is 0.366. The van der Waals surface area contributed by atoms with E-state index in [-0.39, 0.29) is 0 Å². The van der Waals surface area contributed by atoms with E-state index >= 15 is 0 Å². The Morgan fingerprint density at radius 3 is 2.67 bits per heavy atom. The first-order valence-corrected chi connectivity index (χ1v) is 4.49. The Morgan fingerprint density at radius 2 is 2.11 bits per heavy atom. The highest BCUT2D eigenvalue weighted by molar-refractivity contribution is 8.12. The summed E-state index contributed by atoms with van der Waals surface area (Å²) in [5, 5.41) is 0. The van der Waals surface area contributed by atoms with Crippen molar-refractivity contribution in [1.29, 1.82) is 0 Å². The normalized spacial score (nSPS) is 30.2. The predicted octanol–water partition coefficient (Wildman–Crippen LogP) is 1.95. The van der Waals surface area contributed by atoms with E-state index < -0.39 is 0 Å². The van der Waals surface area contributed by atoms with Gasteiger partial charge in [0.1, 0.15) is 5.55 Å². The Hall–Kier alpha value is 0.0200. The molecule has 0 atom stereocenters. The molecule has 49 valence electrons. The quantitative estimate of drug-likeness (QED) is 0.501. The highest BCUT2D eigenvalue weighted by Gasteiger charge is 2.35. The van der Waals surface area contributed by atoms with Gasteiger partial charge in [0.05, 0.1) is 5.54 Å². The third-order valence-electron chi connectivity index (χ3n) is 2.22. The minimum atomic E-state index is 0.366. The molecule has 0 aromatic heterocycles. The van der Waals surface area contributed by atoms with Crippen LogP contribution < -0.4 is 0 Å². The van der Waals surface area contributed by atoms with Crippen LogP contribution in [-0.2, 0) is 0 Å². The Labute approximate surface area is 59.9 Å². The van der Waals surface area contributed by atoms with E-state index in [9.17, 15) is 0 Å². The monoisotopic (exact) mass is 140 g/mol. The number of nitrogens with zero attached hydrogens (tertiary/aromatic N) is 1. The summed E-state index contributed by atoms with van der Waals surface area (Å²) in [5.41, 5.74) is 3.36. The maximum Gasteiger partial charge on any atom is 0.123 e. The van der Waals surface area contributed by atoms with Gasteiger partial charge in [-0.3, -0.25) is 4.99 Å². The van der Waals surface area contributed by atoms with E-state index in [0.717, 1.165) is 0 Å². The summed E-state index contributed by atoms with van der Waals surface area (Å²) < 4.78 is 0. The van der Waals surface area contributed by atoms with Crippen LogP contribution in [0.4, 0.5) is 0 Å². The van der Waals surface area contributed by atoms with Crippen molar-refractivity contribution in [2.24, 2.45) is 4.99 Å². The zero-order valence-electron chi connectivity index (χ0n) is 5.39. The van der Waals surface area contributed by atoms with Crippen molar-refractivity contribution < 1.29 is 0 Å². The van der Waals surface area contributed by atoms with E-state index in [1.165, 1.54) is 31.4 Å². The fraction of sp³-hybridized carbons (Fsp3) is 0.857. The van der Waals surface area contributed by atoms with Gasteiger partial charge in [0.25, 0.3) is 0 Å². The molecule has 0 aromatic rings. The number of hydrogen-bond acceptors (Lipinski definition) is 2. The van der Waals surface area contributed by atoms with Gasteiger partial charge in [-0.2, -0.15) is 0 Å². The molecule has 1 radical (unpaired) electrons. The Balaban J connectivity index is 2.13. The van der Waals surface area contributed by atoms with Crippen molar-refractivity contribution in [3.8, 4) is 0 Å². The molecule has 1 saturated carbocycles. The van der Waals surface area contributed by atoms with Gasteiger partial charge in [0.2, 0.25) is 0 Å². The zero-order chi connectivity index (χ0) is 6.16. The van der Waals surface area contributed by atoms with Crippen LogP contribution in [0.25, 0.3) is 0 Å². The first-order valence-electron chi connectivity index (χ1n) is 3.50. The molecule has 9 heavy (non-hydrogen) atoms. The van der Waals surface area contributed by atoms with E-state index in [1.807, 2.05) is 0 Å². The molecule has 0 bridgehead atoms. The summed E-state index contributed by atoms with van der Waals surface area (Å²) in [7, 11) is 0. The summed E-state index contributed by atoms with van der Waals surface area (Å²) in [6.07, 6.45) is 5.39. The van der Waals surface area contributed by atoms with Gasteiger partial charge in [-0.1, -0.05) is 12.8 Å². The van der Waals surface area contributed by atoms with Gasteiger partial charge in [-0.15, -0.1) is 11.8 Å². The SMILES string of the molecule is [C]1=NC2(CCCC2)CS1. The topological polar surface area (TPSA) is 12.4 Å². The molecular formula is C7H10NS. The maximum absolute atomic E-state index is 4.38. The standard InChI is InChI=1S/C7H10NS/c1-2-4-7(3-1)5-9-6-8-7/h1-5H2. The zero-order valence-corrected chi connectivity index (χ0v) is 6.21. The lowest BCUT2D eigenvalue weighted by atomic mass is 10.0. The molecule has 0 amide bonds. The third-order valence-corrected chi connectivity index (χ3v) is 3.12. The average Bonchev–Trinajstić information content (AvgIpc) is 2.45. The van der Waals surface area contributed by atoms with Gasteiger partial charge in [0, 0.05) is 5.75 Å². The fourth-order valence-corrected chi connectivity index (χ4v) is 2.56. The Kier molecular flexibility index (Phi) is 1.29. The number of rotatable bonds is 0. The van der Waals surface area contributed by atoms with E-state index in [4.69, 9.17) is 0 Å². The molecule has 0 N–H and O–H groups in total. The summed E-state index contributed by atoms with van der Waals surface area (Å²) in [4.78, 5) is 4.38. The van der Waals surface area contributed by atoms with Gasteiger partial charge in [-0.25, -0.2) is 0 Å². The van der Waals surface area contributed by atoms with E-state index in [2.05, 4.69) is 10.5 Å². The van der Waals surface area contributed by atoms with Gasteiger partial charge >= 0.3 is 0 Å². The molecule has 1 nitrogen and oxygen atoms in total. The average molecular weight is 140 g/mol. The molecule has 0 aromatic carbocycles. The number of hydrogen-bond donors (Lipinski definition) is 0. The summed E-state index contributed by atoms with van der Waals surface area (Å²) >= 11 is 1.75. The van der Waals surface area contributed by atoms with Gasteiger partial charge in [0.15, 0.2) is 0 Å². The molecule has 2 heteroatoms. The second-order valence-corrected chi connectivity index (χ2v) is 3.68. The lowest BCUT2D eigenvalue weighted by Gasteiger charge is -2.16. The highest BCUT2D eigenvalue weighted by Crippen LogP contribution is 2.38. The number of thioether (sulfide) groups is 1. The summed E-state index contributed by atoms with van der Waals surface area (Å²) in [6.45, 7) is 0. The summed E-state index contributed by atoms with van der Waals surface area (Å²) in [6, 6.07) is 0. The van der Waals surface area contributed by atoms with Crippen molar-refractivity contribution in [3.63, 3.8) is 0 Å². The smallest absolute Gasteiger partial charge is 0.123 e. The summed E-state index contributed by atoms with van der Waals surface area (Å²) in [5.74, 6) is 1.20. The first kappa shape index (κ1) is 5.78. The van der Waals surface area contributed by atoms with Crippen LogP contribution in [0.15, 0.2) is 4.99 Å². The van der Waals surface area contributed by atoms with Crippen LogP contribution in [-0.4, -0.2) is 16.8 Å². The molecule has 1 aliphatic heterocycles. The van der Waals surface area contributed by atoms with Gasteiger partial charge < -0.3 is 0 Å². The Morgan fingerprint density at radius 1 is 1.33 bits per heavy atom. The Bertz CT molecular complexity index is 136. The van der Waals surface area contributed by atoms with Crippen molar-refractivity contribution >= 4 is 17.3 Å². The van der Waals surface area contributed by atoms with Crippen LogP contribution in [0.3, 0.4) is 0 Å². The number of aliphatic imine (C=N–C) groups is 1. The van der Waals surface area contributed by atoms with Crippen molar-refractivity contribution in [3.05, 3.63) is 0 Å². The van der Waals surface area contributed by atoms with Crippen LogP contribution in [0.1, 0.15) is 25.7 Å². The second kappa shape index (κ2) is 2.01. The van der Waals surface area contributed by atoms with Crippen LogP contribution in [0.5, 0.6) is 0 Å². The third kappa shape index (κ3) is 0.895. The first-order chi connectivity index (χ1) is 4.41. The molecule has 1 spiro atoms. The van der Waals surface area contributed by atoms with E-state index in [0.29, 0.717) is 5.54 Å². The molecule has 0 saturated heterocycles. The van der Waals surface area contributed by atoms with E-state index in [1.54, 1.807) is 11.8 Å². The van der Waals surface area contributed by atoms with Crippen LogP contribution in [0.2, 0.25) is 0 Å². The molecule has 1 aliphatic carbocycles. The maximum atomic E-state index is 4.38. The minimum Gasteiger partial charge on any atom is -0.268 e. The van der Waals surface area contributed by atoms with Crippen LogP contribution >= 0.6 is 11.8 Å². The largest absolute Gasteiger partial charge is 0.268 e. The molecule has 1 heterocycles. The molecular weight excluding hydrogens is 130 g/mol. The van der Waals surface area contributed by atoms with Crippen molar-refractivity contribution in [1.82, 2.24) is 0 Å². The van der Waals surface area contributed by atoms with Gasteiger partial charge in [-0.05, 0) is 12.8 Å². The van der Waals surface area contributed by atoms with Crippen molar-refractivity contribution in [2.75, 3.05) is 5.75 Å².